The summed E-state index contributed by atoms with van der Waals surface area (Å²) in [6.07, 6.45) is 5.17. The van der Waals surface area contributed by atoms with E-state index in [1.165, 1.54) is 16.7 Å². The number of ketones is 1. The summed E-state index contributed by atoms with van der Waals surface area (Å²) >= 11 is 0. The van der Waals surface area contributed by atoms with Gasteiger partial charge in [0.15, 0.2) is 5.78 Å². The number of aryl methyl sites for hydroxylation is 2. The number of benzene rings is 8. The predicted molar refractivity (Wildman–Crippen MR) is 285 cm³/mol. The molecule has 0 aliphatic carbocycles. The molecule has 0 aliphatic rings. The molecule has 8 aromatic carbocycles. The van der Waals surface area contributed by atoms with E-state index < -0.39 is 0 Å². The molecule has 8 aromatic rings. The fourth-order valence-electron chi connectivity index (χ4n) is 8.52. The van der Waals surface area contributed by atoms with Crippen molar-refractivity contribution in [3.8, 4) is 28.4 Å². The maximum Gasteiger partial charge on any atom is 0.193 e. The van der Waals surface area contributed by atoms with Gasteiger partial charge in [-0.15, -0.1) is 0 Å². The van der Waals surface area contributed by atoms with Crippen molar-refractivity contribution >= 4 is 39.9 Å². The molecule has 0 amide bonds. The van der Waals surface area contributed by atoms with Crippen LogP contribution in [-0.4, -0.2) is 11.4 Å². The maximum absolute atomic E-state index is 13.3. The molecule has 0 saturated heterocycles. The molecule has 0 bridgehead atoms. The van der Waals surface area contributed by atoms with Crippen LogP contribution < -0.4 is 19.3 Å². The van der Waals surface area contributed by atoms with Crippen LogP contribution in [0.1, 0.15) is 106 Å². The molecule has 5 nitrogen and oxygen atoms in total. The number of carbonyl (C=O) groups is 1. The van der Waals surface area contributed by atoms with Gasteiger partial charge in [-0.2, -0.15) is 0 Å². The summed E-state index contributed by atoms with van der Waals surface area (Å²) in [6, 6.07) is 67.2. The van der Waals surface area contributed by atoms with Crippen molar-refractivity contribution in [3.63, 3.8) is 0 Å². The highest BCUT2D eigenvalue weighted by Gasteiger charge is 2.19. The van der Waals surface area contributed by atoms with Crippen LogP contribution in [0.4, 0.5) is 34.1 Å². The van der Waals surface area contributed by atoms with Crippen LogP contribution in [0.3, 0.4) is 0 Å². The molecule has 0 N–H and O–H groups in total. The Morgan fingerprint density at radius 2 is 0.794 bits per heavy atom. The van der Waals surface area contributed by atoms with Crippen molar-refractivity contribution in [3.05, 3.63) is 222 Å². The van der Waals surface area contributed by atoms with Gasteiger partial charge in [0, 0.05) is 45.3 Å². The molecule has 0 saturated carbocycles. The number of rotatable bonds is 19. The number of hydrogen-bond acceptors (Lipinski definition) is 5. The van der Waals surface area contributed by atoms with E-state index in [4.69, 9.17) is 9.47 Å². The number of nitrogens with zero attached hydrogens (tertiary/aromatic N) is 2. The summed E-state index contributed by atoms with van der Waals surface area (Å²) in [5.41, 5.74) is 13.6. The smallest absolute Gasteiger partial charge is 0.193 e. The van der Waals surface area contributed by atoms with Crippen LogP contribution in [0.5, 0.6) is 17.2 Å². The molecule has 0 aliphatic heterocycles. The van der Waals surface area contributed by atoms with Gasteiger partial charge in [0.1, 0.15) is 22.8 Å². The van der Waals surface area contributed by atoms with E-state index in [-0.39, 0.29) is 11.4 Å². The Morgan fingerprint density at radius 1 is 0.456 bits per heavy atom. The van der Waals surface area contributed by atoms with E-state index in [1.807, 2.05) is 48.5 Å². The fourth-order valence-corrected chi connectivity index (χ4v) is 8.52. The Bertz CT molecular complexity index is 2850. The first-order chi connectivity index (χ1) is 33.0. The minimum atomic E-state index is -0.229. The highest BCUT2D eigenvalue weighted by atomic mass is 16.5. The highest BCUT2D eigenvalue weighted by Crippen LogP contribution is 2.40. The molecule has 1 atom stereocenters. The largest absolute Gasteiger partial charge is 0.488 e. The van der Waals surface area contributed by atoms with E-state index in [2.05, 4.69) is 204 Å². The lowest BCUT2D eigenvalue weighted by atomic mass is 9.94. The zero-order valence-corrected chi connectivity index (χ0v) is 40.7. The third kappa shape index (κ3) is 11.2. The zero-order chi connectivity index (χ0) is 47.6. The van der Waals surface area contributed by atoms with Crippen LogP contribution >= 0.6 is 0 Å². The summed E-state index contributed by atoms with van der Waals surface area (Å²) in [5.74, 6) is 2.73. The minimum absolute atomic E-state index is 0.00455. The quantitative estimate of drug-likeness (QED) is 0.0757. The molecular weight excluding hydrogens is 833 g/mol. The Labute approximate surface area is 404 Å². The van der Waals surface area contributed by atoms with Crippen molar-refractivity contribution in [2.75, 3.05) is 9.80 Å². The van der Waals surface area contributed by atoms with Crippen LogP contribution in [0, 0.1) is 0 Å². The SMILES string of the molecule is CCCC(C)c1ccc(C(=O)c2ccc(Oc3ccc(N(c4ccc(CC)cc4)c4ccc(-c5ccc(N(c6ccc(CC)cc6)c6ccc(OC(C)(C)CC)cc6)cc5)cc4)cc3)cc2)cc1. The van der Waals surface area contributed by atoms with Crippen molar-refractivity contribution in [2.45, 2.75) is 92.1 Å². The lowest BCUT2D eigenvalue weighted by Gasteiger charge is -2.28. The molecule has 1 unspecified atom stereocenters. The second-order valence-corrected chi connectivity index (χ2v) is 18.3. The molecule has 0 fully saturated rings. The zero-order valence-electron chi connectivity index (χ0n) is 40.7. The van der Waals surface area contributed by atoms with Gasteiger partial charge in [-0.25, -0.2) is 0 Å². The third-order valence-corrected chi connectivity index (χ3v) is 13.0. The summed E-state index contributed by atoms with van der Waals surface area (Å²) in [5, 5.41) is 0. The number of anilines is 6. The Balaban J connectivity index is 0.998. The second-order valence-electron chi connectivity index (χ2n) is 18.3. The maximum atomic E-state index is 13.3. The van der Waals surface area contributed by atoms with Crippen LogP contribution in [0.25, 0.3) is 11.1 Å². The van der Waals surface area contributed by atoms with Gasteiger partial charge in [-0.3, -0.25) is 4.79 Å². The molecule has 0 radical (unpaired) electrons. The first-order valence-corrected chi connectivity index (χ1v) is 24.3. The average molecular weight is 897 g/mol. The van der Waals surface area contributed by atoms with E-state index >= 15 is 0 Å². The molecular formula is C63H64N2O3. The summed E-state index contributed by atoms with van der Waals surface area (Å²) < 4.78 is 12.6. The molecule has 0 spiro atoms. The average Bonchev–Trinajstić information content (AvgIpc) is 3.38. The normalized spacial score (nSPS) is 11.8. The fraction of sp³-hybridized carbons (Fsp3) is 0.222. The molecule has 8 rings (SSSR count). The lowest BCUT2D eigenvalue weighted by molar-refractivity contribution is 0.103. The van der Waals surface area contributed by atoms with E-state index in [0.29, 0.717) is 28.5 Å². The minimum Gasteiger partial charge on any atom is -0.488 e. The topological polar surface area (TPSA) is 42.0 Å². The molecule has 0 aromatic heterocycles. The Kier molecular flexibility index (Phi) is 14.9. The van der Waals surface area contributed by atoms with Crippen LogP contribution in [-0.2, 0) is 12.8 Å². The van der Waals surface area contributed by atoms with Gasteiger partial charge in [0.25, 0.3) is 0 Å². The highest BCUT2D eigenvalue weighted by molar-refractivity contribution is 6.09. The molecule has 68 heavy (non-hydrogen) atoms. The van der Waals surface area contributed by atoms with Gasteiger partial charge < -0.3 is 19.3 Å². The monoisotopic (exact) mass is 896 g/mol. The first kappa shape index (κ1) is 47.1. The van der Waals surface area contributed by atoms with E-state index in [9.17, 15) is 4.79 Å². The van der Waals surface area contributed by atoms with Gasteiger partial charge in [0.05, 0.1) is 0 Å². The van der Waals surface area contributed by atoms with Crippen LogP contribution in [0.15, 0.2) is 194 Å². The predicted octanol–water partition coefficient (Wildman–Crippen LogP) is 17.9. The van der Waals surface area contributed by atoms with Crippen molar-refractivity contribution in [1.29, 1.82) is 0 Å². The first-order valence-electron chi connectivity index (χ1n) is 24.3. The Hall–Kier alpha value is -7.37. The summed E-state index contributed by atoms with van der Waals surface area (Å²) in [7, 11) is 0. The van der Waals surface area contributed by atoms with E-state index in [0.717, 1.165) is 83.1 Å². The molecule has 0 heterocycles. The molecule has 344 valence electrons. The third-order valence-electron chi connectivity index (χ3n) is 13.0. The second kappa shape index (κ2) is 21.5. The van der Waals surface area contributed by atoms with Gasteiger partial charge in [-0.05, 0) is 195 Å². The molecule has 5 heteroatoms. The number of carbonyl (C=O) groups excluding carboxylic acids is 1. The Morgan fingerprint density at radius 3 is 1.16 bits per heavy atom. The summed E-state index contributed by atoms with van der Waals surface area (Å²) in [4.78, 5) is 17.9. The van der Waals surface area contributed by atoms with Crippen molar-refractivity contribution < 1.29 is 14.3 Å². The summed E-state index contributed by atoms with van der Waals surface area (Å²) in [6.45, 7) is 15.2. The van der Waals surface area contributed by atoms with E-state index in [1.54, 1.807) is 0 Å². The number of ether oxygens (including phenoxy) is 2. The van der Waals surface area contributed by atoms with Crippen molar-refractivity contribution in [1.82, 2.24) is 0 Å². The van der Waals surface area contributed by atoms with Crippen molar-refractivity contribution in [2.24, 2.45) is 0 Å². The van der Waals surface area contributed by atoms with Gasteiger partial charge in [-0.1, -0.05) is 114 Å². The van der Waals surface area contributed by atoms with Gasteiger partial charge in [0.2, 0.25) is 0 Å². The number of hydrogen-bond donors (Lipinski definition) is 0. The lowest BCUT2D eigenvalue weighted by Crippen LogP contribution is -2.26. The standard InChI is InChI=1S/C63H64N2O3/c1-8-12-45(5)48-17-19-51(20-18-48)62(66)52-25-39-59(40-26-52)67-60-41-35-57(36-42-60)64(53-27-13-46(9-2)14-28-53)55-31-21-49(22-32-55)50-23-33-56(34-24-50)65(54-29-15-47(10-3)16-30-54)58-37-43-61(44-38-58)68-63(6,7)11-4/h13-45H,8-12H2,1-7H3. The van der Waals surface area contributed by atoms with Gasteiger partial charge >= 0.3 is 0 Å². The van der Waals surface area contributed by atoms with Crippen LogP contribution in [0.2, 0.25) is 0 Å².